The summed E-state index contributed by atoms with van der Waals surface area (Å²) in [7, 11) is -3.28. The van der Waals surface area contributed by atoms with Crippen LogP contribution < -0.4 is 0 Å². The fourth-order valence-electron chi connectivity index (χ4n) is 3.06. The lowest BCUT2D eigenvalue weighted by molar-refractivity contribution is 0.0323. The molecule has 0 aliphatic carbocycles. The minimum Gasteiger partial charge on any atom is -0.455 e. The zero-order valence-corrected chi connectivity index (χ0v) is 19.0. The van der Waals surface area contributed by atoms with Crippen LogP contribution in [0.1, 0.15) is 32.6 Å². The van der Waals surface area contributed by atoms with Gasteiger partial charge in [-0.05, 0) is 57.5 Å². The maximum absolute atomic E-state index is 9.66. The second-order valence-electron chi connectivity index (χ2n) is 8.38. The van der Waals surface area contributed by atoms with Crippen molar-refractivity contribution < 1.29 is 23.4 Å². The van der Waals surface area contributed by atoms with Gasteiger partial charge in [-0.2, -0.15) is 0 Å². The van der Waals surface area contributed by atoms with E-state index in [1.54, 1.807) is 0 Å². The van der Waals surface area contributed by atoms with Crippen molar-refractivity contribution in [2.24, 2.45) is 0 Å². The monoisotopic (exact) mass is 392 g/mol. The third-order valence-electron chi connectivity index (χ3n) is 4.33. The van der Waals surface area contributed by atoms with Crippen LogP contribution in [0.5, 0.6) is 0 Å². The topological polar surface area (TPSA) is 60.5 Å². The third-order valence-corrected chi connectivity index (χ3v) is 11.9. The van der Waals surface area contributed by atoms with Gasteiger partial charge in [-0.25, -0.2) is 0 Å². The Kier molecular flexibility index (Phi) is 11.0. The van der Waals surface area contributed by atoms with Crippen molar-refractivity contribution in [1.29, 1.82) is 0 Å². The normalized spacial score (nSPS) is 19.2. The van der Waals surface area contributed by atoms with Gasteiger partial charge in [-0.1, -0.05) is 13.3 Å². The van der Waals surface area contributed by atoms with E-state index >= 15 is 0 Å². The van der Waals surface area contributed by atoms with E-state index in [1.165, 1.54) is 0 Å². The molecule has 0 aromatic carbocycles. The van der Waals surface area contributed by atoms with Gasteiger partial charge in [-0.15, -0.1) is 0 Å². The number of epoxide rings is 1. The summed E-state index contributed by atoms with van der Waals surface area (Å²) in [6, 6.07) is 2.26. The minimum absolute atomic E-state index is 0.313. The van der Waals surface area contributed by atoms with Crippen LogP contribution in [0.25, 0.3) is 0 Å². The molecule has 2 unspecified atom stereocenters. The molecule has 0 spiro atoms. The Morgan fingerprint density at radius 1 is 1.04 bits per heavy atom. The summed E-state index contributed by atoms with van der Waals surface area (Å²) in [5, 5.41) is 9.66. The van der Waals surface area contributed by atoms with Crippen molar-refractivity contribution >= 4 is 16.6 Å². The van der Waals surface area contributed by atoms with Crippen LogP contribution in [-0.2, 0) is 18.3 Å². The quantitative estimate of drug-likeness (QED) is 0.246. The summed E-state index contributed by atoms with van der Waals surface area (Å²) in [5.41, 5.74) is 0. The lowest BCUT2D eigenvalue weighted by Crippen LogP contribution is -2.44. The van der Waals surface area contributed by atoms with Gasteiger partial charge in [0.15, 0.2) is 16.6 Å². The number of rotatable bonds is 16. The highest BCUT2D eigenvalue weighted by Crippen LogP contribution is 2.24. The SMILES string of the molecule is CCCC(O)COCCC[Si](C)(C)O[Si](C)(C)CCCOCC1CO1. The highest BCUT2D eigenvalue weighted by molar-refractivity contribution is 6.84. The van der Waals surface area contributed by atoms with Gasteiger partial charge in [0.05, 0.1) is 25.9 Å². The van der Waals surface area contributed by atoms with Gasteiger partial charge in [0, 0.05) is 13.2 Å². The van der Waals surface area contributed by atoms with E-state index in [-0.39, 0.29) is 6.10 Å². The molecule has 7 heteroatoms. The van der Waals surface area contributed by atoms with Gasteiger partial charge in [0.25, 0.3) is 0 Å². The smallest absolute Gasteiger partial charge is 0.173 e. The number of ether oxygens (including phenoxy) is 3. The van der Waals surface area contributed by atoms with Crippen molar-refractivity contribution in [3.63, 3.8) is 0 Å². The fraction of sp³-hybridized carbons (Fsp3) is 1.00. The molecule has 1 fully saturated rings. The molecule has 1 aliphatic rings. The molecule has 0 aromatic heterocycles. The first-order valence-corrected chi connectivity index (χ1v) is 16.1. The van der Waals surface area contributed by atoms with E-state index in [1.807, 2.05) is 0 Å². The van der Waals surface area contributed by atoms with Gasteiger partial charge in [0.1, 0.15) is 6.10 Å². The summed E-state index contributed by atoms with van der Waals surface area (Å²) in [5.74, 6) is 0. The van der Waals surface area contributed by atoms with Crippen molar-refractivity contribution in [3.8, 4) is 0 Å². The van der Waals surface area contributed by atoms with Crippen molar-refractivity contribution in [2.75, 3.05) is 33.0 Å². The van der Waals surface area contributed by atoms with Crippen molar-refractivity contribution in [1.82, 2.24) is 0 Å². The molecule has 1 rings (SSSR count). The summed E-state index contributed by atoms with van der Waals surface area (Å²) >= 11 is 0. The largest absolute Gasteiger partial charge is 0.455 e. The number of aliphatic hydroxyl groups is 1. The van der Waals surface area contributed by atoms with Crippen LogP contribution in [0.2, 0.25) is 38.3 Å². The fourth-order valence-corrected chi connectivity index (χ4v) is 11.9. The summed E-state index contributed by atoms with van der Waals surface area (Å²) in [6.07, 6.45) is 3.96. The highest BCUT2D eigenvalue weighted by Gasteiger charge is 2.32. The van der Waals surface area contributed by atoms with Crippen LogP contribution >= 0.6 is 0 Å². The van der Waals surface area contributed by atoms with Gasteiger partial charge in [0.2, 0.25) is 0 Å². The van der Waals surface area contributed by atoms with Crippen LogP contribution in [0.3, 0.4) is 0 Å². The lowest BCUT2D eigenvalue weighted by atomic mass is 10.2. The first kappa shape index (κ1) is 23.3. The van der Waals surface area contributed by atoms with E-state index in [0.29, 0.717) is 12.7 Å². The Bertz CT molecular complexity index is 348. The Balaban J connectivity index is 2.09. The Morgan fingerprint density at radius 3 is 2.12 bits per heavy atom. The number of aliphatic hydroxyl groups excluding tert-OH is 1. The minimum atomic E-state index is -1.65. The Hall–Kier alpha value is 0.234. The third kappa shape index (κ3) is 13.1. The van der Waals surface area contributed by atoms with E-state index < -0.39 is 16.6 Å². The zero-order chi connectivity index (χ0) is 18.8. The summed E-state index contributed by atoms with van der Waals surface area (Å²) in [4.78, 5) is 0. The first-order chi connectivity index (χ1) is 11.7. The first-order valence-electron chi connectivity index (χ1n) is 9.89. The molecular formula is C18H40O5Si2. The van der Waals surface area contributed by atoms with Gasteiger partial charge >= 0.3 is 0 Å². The zero-order valence-electron chi connectivity index (χ0n) is 17.0. The molecule has 0 aromatic rings. The molecule has 0 amide bonds. The standard InChI is InChI=1S/C18H40O5Si2/c1-6-9-17(19)14-20-10-7-12-24(2,3)23-25(4,5)13-8-11-21-15-18-16-22-18/h17-19H,6-16H2,1-5H3. The molecule has 1 N–H and O–H groups in total. The molecule has 0 bridgehead atoms. The molecule has 1 aliphatic heterocycles. The molecule has 1 saturated heterocycles. The molecule has 5 nitrogen and oxygen atoms in total. The Morgan fingerprint density at radius 2 is 1.60 bits per heavy atom. The van der Waals surface area contributed by atoms with E-state index in [0.717, 1.165) is 64.2 Å². The molecule has 150 valence electrons. The molecule has 0 radical (unpaired) electrons. The van der Waals surface area contributed by atoms with E-state index in [9.17, 15) is 5.11 Å². The van der Waals surface area contributed by atoms with Gasteiger partial charge in [-0.3, -0.25) is 0 Å². The molecule has 1 heterocycles. The van der Waals surface area contributed by atoms with Crippen molar-refractivity contribution in [2.45, 2.75) is 83.1 Å². The maximum Gasteiger partial charge on any atom is 0.173 e. The van der Waals surface area contributed by atoms with Crippen LogP contribution in [0, 0.1) is 0 Å². The predicted molar refractivity (Wildman–Crippen MR) is 107 cm³/mol. The average molecular weight is 393 g/mol. The summed E-state index contributed by atoms with van der Waals surface area (Å²) in [6.45, 7) is 15.0. The molecule has 0 saturated carbocycles. The van der Waals surface area contributed by atoms with Crippen LogP contribution in [0.15, 0.2) is 0 Å². The van der Waals surface area contributed by atoms with E-state index in [2.05, 4.69) is 33.1 Å². The second-order valence-corrected chi connectivity index (χ2v) is 17.2. The molecular weight excluding hydrogens is 352 g/mol. The van der Waals surface area contributed by atoms with Gasteiger partial charge < -0.3 is 23.4 Å². The second kappa shape index (κ2) is 11.8. The number of hydrogen-bond donors (Lipinski definition) is 1. The van der Waals surface area contributed by atoms with E-state index in [4.69, 9.17) is 18.3 Å². The molecule has 2 atom stereocenters. The Labute approximate surface area is 156 Å². The maximum atomic E-state index is 9.66. The lowest BCUT2D eigenvalue weighted by Gasteiger charge is -2.34. The van der Waals surface area contributed by atoms with Crippen LogP contribution in [-0.4, -0.2) is 67.0 Å². The summed E-state index contributed by atoms with van der Waals surface area (Å²) < 4.78 is 23.0. The highest BCUT2D eigenvalue weighted by atomic mass is 28.4. The van der Waals surface area contributed by atoms with Crippen molar-refractivity contribution in [3.05, 3.63) is 0 Å². The predicted octanol–water partition coefficient (Wildman–Crippen LogP) is 3.79. The molecule has 25 heavy (non-hydrogen) atoms. The van der Waals surface area contributed by atoms with Crippen LogP contribution in [0.4, 0.5) is 0 Å². The number of hydrogen-bond acceptors (Lipinski definition) is 5. The average Bonchev–Trinajstić information content (AvgIpc) is 3.29.